The number of aryl methyl sites for hydroxylation is 1. The van der Waals surface area contributed by atoms with Gasteiger partial charge < -0.3 is 14.4 Å². The highest BCUT2D eigenvalue weighted by Crippen LogP contribution is 2.52. The van der Waals surface area contributed by atoms with Gasteiger partial charge in [-0.2, -0.15) is 0 Å². The van der Waals surface area contributed by atoms with Crippen LogP contribution >= 0.6 is 0 Å². The molecule has 3 heterocycles. The molecule has 3 aliphatic heterocycles. The summed E-state index contributed by atoms with van der Waals surface area (Å²) in [6, 6.07) is 7.86. The first kappa shape index (κ1) is 17.3. The second-order valence-electron chi connectivity index (χ2n) is 7.53. The largest absolute Gasteiger partial charge is 0.465 e. The highest BCUT2D eigenvalue weighted by Gasteiger charge is 2.67. The molecular formula is C21H25NO4. The Morgan fingerprint density at radius 1 is 1.31 bits per heavy atom. The summed E-state index contributed by atoms with van der Waals surface area (Å²) in [7, 11) is 0. The van der Waals surface area contributed by atoms with Gasteiger partial charge in [-0.3, -0.25) is 9.59 Å². The average molecular weight is 355 g/mol. The molecule has 2 saturated heterocycles. The Balaban J connectivity index is 1.53. The van der Waals surface area contributed by atoms with E-state index in [4.69, 9.17) is 9.47 Å². The minimum atomic E-state index is -0.695. The molecule has 4 rings (SSSR count). The molecule has 26 heavy (non-hydrogen) atoms. The van der Waals surface area contributed by atoms with Crippen LogP contribution in [-0.4, -0.2) is 36.7 Å². The van der Waals surface area contributed by atoms with Crippen molar-refractivity contribution >= 4 is 17.6 Å². The van der Waals surface area contributed by atoms with E-state index in [1.165, 1.54) is 0 Å². The third-order valence-corrected chi connectivity index (χ3v) is 5.71. The van der Waals surface area contributed by atoms with Crippen molar-refractivity contribution in [2.45, 2.75) is 44.8 Å². The van der Waals surface area contributed by atoms with Crippen LogP contribution in [0.5, 0.6) is 0 Å². The van der Waals surface area contributed by atoms with Crippen molar-refractivity contribution in [3.05, 3.63) is 42.0 Å². The zero-order valence-corrected chi connectivity index (χ0v) is 15.3. The lowest BCUT2D eigenvalue weighted by Crippen LogP contribution is -2.40. The Labute approximate surface area is 154 Å². The van der Waals surface area contributed by atoms with Crippen molar-refractivity contribution in [2.75, 3.05) is 18.1 Å². The summed E-state index contributed by atoms with van der Waals surface area (Å²) in [5.41, 5.74) is 1.30. The summed E-state index contributed by atoms with van der Waals surface area (Å²) in [6.45, 7) is 4.99. The topological polar surface area (TPSA) is 55.8 Å². The monoisotopic (exact) mass is 355 g/mol. The third-order valence-electron chi connectivity index (χ3n) is 5.71. The smallest absolute Gasteiger partial charge is 0.312 e. The molecule has 0 saturated carbocycles. The van der Waals surface area contributed by atoms with Gasteiger partial charge in [0.1, 0.15) is 11.5 Å². The van der Waals surface area contributed by atoms with Crippen LogP contribution in [0.3, 0.4) is 0 Å². The predicted molar refractivity (Wildman–Crippen MR) is 97.7 cm³/mol. The van der Waals surface area contributed by atoms with Gasteiger partial charge in [-0.05, 0) is 25.5 Å². The molecule has 4 atom stereocenters. The Bertz CT molecular complexity index is 741. The number of nitrogens with zero attached hydrogens (tertiary/aromatic N) is 1. The molecule has 0 N–H and O–H groups in total. The van der Waals surface area contributed by atoms with E-state index >= 15 is 0 Å². The minimum absolute atomic E-state index is 0.0452. The number of unbranched alkanes of at least 4 members (excludes halogenated alkanes) is 2. The molecule has 1 amide bonds. The molecule has 1 spiro atoms. The maximum atomic E-state index is 13.2. The number of rotatable bonds is 6. The Morgan fingerprint density at radius 3 is 2.81 bits per heavy atom. The van der Waals surface area contributed by atoms with Gasteiger partial charge in [-0.1, -0.05) is 49.6 Å². The van der Waals surface area contributed by atoms with Crippen LogP contribution in [0.4, 0.5) is 5.69 Å². The van der Waals surface area contributed by atoms with E-state index in [9.17, 15) is 9.59 Å². The van der Waals surface area contributed by atoms with E-state index in [2.05, 4.69) is 6.92 Å². The molecule has 3 aliphatic rings. The van der Waals surface area contributed by atoms with Gasteiger partial charge >= 0.3 is 5.97 Å². The standard InChI is InChI=1S/C21H25NO4/c1-3-4-5-12-25-20(24)17-16-10-11-21(26-16)13-22(19(23)18(17)21)15-8-6-14(2)7-9-15/h6-11,16-18H,3-5,12-13H2,1-2H3/t16-,17?,18-,21?/m0/s1. The minimum Gasteiger partial charge on any atom is -0.465 e. The number of ether oxygens (including phenoxy) is 2. The summed E-state index contributed by atoms with van der Waals surface area (Å²) in [4.78, 5) is 27.6. The third kappa shape index (κ3) is 2.65. The number of esters is 1. The lowest BCUT2D eigenvalue weighted by atomic mass is 9.77. The molecule has 138 valence electrons. The van der Waals surface area contributed by atoms with Gasteiger partial charge in [0, 0.05) is 5.69 Å². The van der Waals surface area contributed by atoms with Gasteiger partial charge in [-0.25, -0.2) is 0 Å². The van der Waals surface area contributed by atoms with Crippen molar-refractivity contribution in [3.63, 3.8) is 0 Å². The summed E-state index contributed by atoms with van der Waals surface area (Å²) in [6.07, 6.45) is 6.50. The molecule has 1 aromatic rings. The molecule has 5 nitrogen and oxygen atoms in total. The Morgan fingerprint density at radius 2 is 2.08 bits per heavy atom. The fourth-order valence-electron chi connectivity index (χ4n) is 4.33. The van der Waals surface area contributed by atoms with Crippen LogP contribution in [0.25, 0.3) is 0 Å². The molecule has 5 heteroatoms. The zero-order chi connectivity index (χ0) is 18.3. The SMILES string of the molecule is CCCCCOC(=O)C1[C@@H]2C=CC3(CN(c4ccc(C)cc4)C(=O)[C@H]13)O2. The first-order valence-corrected chi connectivity index (χ1v) is 9.47. The quantitative estimate of drug-likeness (QED) is 0.447. The van der Waals surface area contributed by atoms with E-state index < -0.39 is 17.4 Å². The highest BCUT2D eigenvalue weighted by atomic mass is 16.6. The maximum Gasteiger partial charge on any atom is 0.312 e. The summed E-state index contributed by atoms with van der Waals surface area (Å²) in [5, 5.41) is 0. The maximum absolute atomic E-state index is 13.2. The number of hydrogen-bond acceptors (Lipinski definition) is 4. The van der Waals surface area contributed by atoms with Gasteiger partial charge in [0.2, 0.25) is 5.91 Å². The highest BCUT2D eigenvalue weighted by molar-refractivity contribution is 6.02. The van der Waals surface area contributed by atoms with Crippen molar-refractivity contribution < 1.29 is 19.1 Å². The molecule has 0 radical (unpaired) electrons. The number of carbonyl (C=O) groups excluding carboxylic acids is 2. The van der Waals surface area contributed by atoms with Crippen LogP contribution in [0, 0.1) is 18.8 Å². The van der Waals surface area contributed by atoms with E-state index in [-0.39, 0.29) is 18.0 Å². The lowest BCUT2D eigenvalue weighted by molar-refractivity contribution is -0.152. The first-order chi connectivity index (χ1) is 12.6. The molecule has 0 aromatic heterocycles. The molecule has 2 unspecified atom stereocenters. The van der Waals surface area contributed by atoms with Gasteiger partial charge in [0.05, 0.1) is 25.2 Å². The normalized spacial score (nSPS) is 31.5. The second-order valence-corrected chi connectivity index (χ2v) is 7.53. The Hall–Kier alpha value is -2.14. The van der Waals surface area contributed by atoms with E-state index in [1.54, 1.807) is 4.90 Å². The molecule has 2 fully saturated rings. The van der Waals surface area contributed by atoms with Crippen LogP contribution in [0.1, 0.15) is 31.7 Å². The van der Waals surface area contributed by atoms with Crippen molar-refractivity contribution in [2.24, 2.45) is 11.8 Å². The summed E-state index contributed by atoms with van der Waals surface area (Å²) in [5.74, 6) is -1.38. The first-order valence-electron chi connectivity index (χ1n) is 9.47. The van der Waals surface area contributed by atoms with Crippen LogP contribution in [0.15, 0.2) is 36.4 Å². The average Bonchev–Trinajstić information content (AvgIpc) is 3.28. The van der Waals surface area contributed by atoms with Crippen molar-refractivity contribution in [1.82, 2.24) is 0 Å². The fourth-order valence-corrected chi connectivity index (χ4v) is 4.33. The van der Waals surface area contributed by atoms with Gasteiger partial charge in [0.25, 0.3) is 0 Å². The summed E-state index contributed by atoms with van der Waals surface area (Å²) < 4.78 is 11.6. The fraction of sp³-hybridized carbons (Fsp3) is 0.524. The number of fused-ring (bicyclic) bond motifs is 1. The van der Waals surface area contributed by atoms with Crippen LogP contribution in [0.2, 0.25) is 0 Å². The molecule has 2 bridgehead atoms. The van der Waals surface area contributed by atoms with E-state index in [1.807, 2.05) is 43.3 Å². The van der Waals surface area contributed by atoms with Crippen LogP contribution < -0.4 is 4.90 Å². The number of hydrogen-bond donors (Lipinski definition) is 0. The lowest BCUT2D eigenvalue weighted by Gasteiger charge is -2.22. The van der Waals surface area contributed by atoms with Gasteiger partial charge in [0.15, 0.2) is 0 Å². The number of amides is 1. The predicted octanol–water partition coefficient (Wildman–Crippen LogP) is 3.01. The van der Waals surface area contributed by atoms with E-state index in [0.717, 1.165) is 30.5 Å². The summed E-state index contributed by atoms with van der Waals surface area (Å²) >= 11 is 0. The molecular weight excluding hydrogens is 330 g/mol. The Kier molecular flexibility index (Phi) is 4.35. The molecule has 0 aliphatic carbocycles. The molecule has 1 aromatic carbocycles. The van der Waals surface area contributed by atoms with Crippen LogP contribution in [-0.2, 0) is 19.1 Å². The van der Waals surface area contributed by atoms with E-state index in [0.29, 0.717) is 13.2 Å². The van der Waals surface area contributed by atoms with Gasteiger partial charge in [-0.15, -0.1) is 0 Å². The number of anilines is 1. The zero-order valence-electron chi connectivity index (χ0n) is 15.3. The van der Waals surface area contributed by atoms with Crippen molar-refractivity contribution in [3.8, 4) is 0 Å². The number of benzene rings is 1. The number of carbonyl (C=O) groups is 2. The van der Waals surface area contributed by atoms with Crippen molar-refractivity contribution in [1.29, 1.82) is 0 Å². The second kappa shape index (κ2) is 6.54.